The van der Waals surface area contributed by atoms with E-state index in [0.29, 0.717) is 37.9 Å². The number of nitrogens with one attached hydrogen (secondary N) is 2. The molecule has 0 aromatic heterocycles. The third-order valence-electron chi connectivity index (χ3n) is 6.64. The van der Waals surface area contributed by atoms with E-state index < -0.39 is 6.04 Å². The predicted molar refractivity (Wildman–Crippen MR) is 128 cm³/mol. The number of hydrogen-bond acceptors (Lipinski definition) is 3. The molecule has 1 unspecified atom stereocenters. The molecule has 2 N–H and O–H groups in total. The molecule has 2 fully saturated rings. The number of piperidine rings is 1. The Balaban J connectivity index is 1.34. The molecule has 33 heavy (non-hydrogen) atoms. The van der Waals surface area contributed by atoms with Crippen molar-refractivity contribution in [2.24, 2.45) is 5.92 Å². The second kappa shape index (κ2) is 10.6. The van der Waals surface area contributed by atoms with Crippen LogP contribution >= 0.6 is 0 Å². The van der Waals surface area contributed by atoms with Gasteiger partial charge in [0, 0.05) is 31.1 Å². The van der Waals surface area contributed by atoms with Crippen LogP contribution in [-0.2, 0) is 16.0 Å². The molecule has 4 rings (SSSR count). The van der Waals surface area contributed by atoms with Crippen molar-refractivity contribution < 1.29 is 14.4 Å². The minimum Gasteiger partial charge on any atom is -0.352 e. The zero-order valence-corrected chi connectivity index (χ0v) is 19.3. The molecule has 0 radical (unpaired) electrons. The van der Waals surface area contributed by atoms with Crippen LogP contribution in [0.25, 0.3) is 0 Å². The first kappa shape index (κ1) is 23.0. The Kier molecular flexibility index (Phi) is 7.43. The van der Waals surface area contributed by atoms with Gasteiger partial charge in [0.2, 0.25) is 11.8 Å². The van der Waals surface area contributed by atoms with Gasteiger partial charge in [0.25, 0.3) is 5.91 Å². The van der Waals surface area contributed by atoms with Crippen LogP contribution in [0.15, 0.2) is 54.6 Å². The summed E-state index contributed by atoms with van der Waals surface area (Å²) in [5.74, 6) is -0.171. The molecule has 3 amide bonds. The molecule has 2 aromatic carbocycles. The van der Waals surface area contributed by atoms with E-state index in [-0.39, 0.29) is 29.7 Å². The van der Waals surface area contributed by atoms with Crippen LogP contribution in [-0.4, -0.2) is 47.8 Å². The zero-order valence-electron chi connectivity index (χ0n) is 19.3. The molecule has 1 aliphatic carbocycles. The number of nitrogens with zero attached hydrogens (tertiary/aromatic N) is 1. The van der Waals surface area contributed by atoms with Gasteiger partial charge >= 0.3 is 0 Å². The van der Waals surface area contributed by atoms with Gasteiger partial charge in [0.05, 0.1) is 0 Å². The van der Waals surface area contributed by atoms with Crippen molar-refractivity contribution in [3.8, 4) is 0 Å². The van der Waals surface area contributed by atoms with E-state index in [1.807, 2.05) is 54.3 Å². The van der Waals surface area contributed by atoms with E-state index in [1.54, 1.807) is 12.1 Å². The highest BCUT2D eigenvalue weighted by molar-refractivity contribution is 5.97. The summed E-state index contributed by atoms with van der Waals surface area (Å²) in [6, 6.07) is 17.1. The summed E-state index contributed by atoms with van der Waals surface area (Å²) in [5, 5.41) is 6.05. The van der Waals surface area contributed by atoms with Gasteiger partial charge in [-0.1, -0.05) is 48.0 Å². The van der Waals surface area contributed by atoms with E-state index >= 15 is 0 Å². The van der Waals surface area contributed by atoms with E-state index in [0.717, 1.165) is 30.4 Å². The highest BCUT2D eigenvalue weighted by Gasteiger charge is 2.36. The van der Waals surface area contributed by atoms with Crippen LogP contribution in [0.3, 0.4) is 0 Å². The fourth-order valence-corrected chi connectivity index (χ4v) is 4.38. The first-order chi connectivity index (χ1) is 16.0. The third kappa shape index (κ3) is 6.44. The summed E-state index contributed by atoms with van der Waals surface area (Å²) >= 11 is 0. The van der Waals surface area contributed by atoms with Crippen molar-refractivity contribution >= 4 is 17.7 Å². The lowest BCUT2D eigenvalue weighted by molar-refractivity contribution is -0.133. The topological polar surface area (TPSA) is 78.5 Å². The standard InChI is InChI=1S/C27H33N3O3/c1-19-7-10-22(11-8-19)26(32)29-25(27(33)28-23-12-13-23)21-15-17-30(18-16-21)24(31)14-9-20-5-3-2-4-6-20/h2-8,10-11,21,23,25H,9,12-18H2,1H3,(H,28,33)(H,29,32). The quantitative estimate of drug-likeness (QED) is 0.652. The molecule has 1 heterocycles. The van der Waals surface area contributed by atoms with Gasteiger partial charge in [-0.2, -0.15) is 0 Å². The SMILES string of the molecule is Cc1ccc(C(=O)NC(C(=O)NC2CC2)C2CCN(C(=O)CCc3ccccc3)CC2)cc1. The van der Waals surface area contributed by atoms with E-state index in [2.05, 4.69) is 10.6 Å². The Labute approximate surface area is 195 Å². The summed E-state index contributed by atoms with van der Waals surface area (Å²) in [4.78, 5) is 40.4. The van der Waals surface area contributed by atoms with Gasteiger partial charge in [-0.15, -0.1) is 0 Å². The monoisotopic (exact) mass is 447 g/mol. The molecule has 1 saturated carbocycles. The Bertz CT molecular complexity index is 962. The largest absolute Gasteiger partial charge is 0.352 e. The summed E-state index contributed by atoms with van der Waals surface area (Å²) in [6.07, 6.45) is 4.63. The fraction of sp³-hybridized carbons (Fsp3) is 0.444. The van der Waals surface area contributed by atoms with Crippen molar-refractivity contribution in [1.29, 1.82) is 0 Å². The van der Waals surface area contributed by atoms with Gasteiger partial charge in [0.15, 0.2) is 0 Å². The van der Waals surface area contributed by atoms with Crippen molar-refractivity contribution in [3.63, 3.8) is 0 Å². The summed E-state index contributed by atoms with van der Waals surface area (Å²) in [6.45, 7) is 3.21. The van der Waals surface area contributed by atoms with Crippen molar-refractivity contribution in [2.45, 2.75) is 57.5 Å². The highest BCUT2D eigenvalue weighted by Crippen LogP contribution is 2.24. The van der Waals surface area contributed by atoms with Gasteiger partial charge in [-0.05, 0) is 62.6 Å². The molecule has 6 nitrogen and oxygen atoms in total. The Hall–Kier alpha value is -3.15. The fourth-order valence-electron chi connectivity index (χ4n) is 4.38. The van der Waals surface area contributed by atoms with Crippen LogP contribution in [0.4, 0.5) is 0 Å². The number of amides is 3. The van der Waals surface area contributed by atoms with E-state index in [4.69, 9.17) is 0 Å². The van der Waals surface area contributed by atoms with Crippen molar-refractivity contribution in [2.75, 3.05) is 13.1 Å². The number of carbonyl (C=O) groups is 3. The molecular formula is C27H33N3O3. The summed E-state index contributed by atoms with van der Waals surface area (Å²) in [5.41, 5.74) is 2.80. The number of likely N-dealkylation sites (tertiary alicyclic amines) is 1. The Morgan fingerprint density at radius 1 is 0.939 bits per heavy atom. The third-order valence-corrected chi connectivity index (χ3v) is 6.64. The van der Waals surface area contributed by atoms with Crippen LogP contribution in [0.2, 0.25) is 0 Å². The average Bonchev–Trinajstić information content (AvgIpc) is 3.66. The number of rotatable bonds is 8. The van der Waals surface area contributed by atoms with Crippen molar-refractivity contribution in [3.05, 3.63) is 71.3 Å². The molecule has 1 saturated heterocycles. The molecule has 174 valence electrons. The average molecular weight is 448 g/mol. The minimum absolute atomic E-state index is 0.0105. The predicted octanol–water partition coefficient (Wildman–Crippen LogP) is 3.24. The van der Waals surface area contributed by atoms with Crippen LogP contribution in [0, 0.1) is 12.8 Å². The van der Waals surface area contributed by atoms with Gasteiger partial charge in [0.1, 0.15) is 6.04 Å². The van der Waals surface area contributed by atoms with E-state index in [9.17, 15) is 14.4 Å². The number of benzene rings is 2. The molecule has 0 spiro atoms. The molecule has 1 atom stereocenters. The Morgan fingerprint density at radius 3 is 2.24 bits per heavy atom. The number of hydrogen-bond donors (Lipinski definition) is 2. The molecule has 2 aromatic rings. The number of aryl methyl sites for hydroxylation is 2. The lowest BCUT2D eigenvalue weighted by Crippen LogP contribution is -2.54. The minimum atomic E-state index is -0.582. The van der Waals surface area contributed by atoms with E-state index in [1.165, 1.54) is 0 Å². The Morgan fingerprint density at radius 2 is 1.61 bits per heavy atom. The van der Waals surface area contributed by atoms with Crippen LogP contribution < -0.4 is 10.6 Å². The lowest BCUT2D eigenvalue weighted by Gasteiger charge is -2.36. The zero-order chi connectivity index (χ0) is 23.2. The van der Waals surface area contributed by atoms with Gasteiger partial charge in [-0.3, -0.25) is 14.4 Å². The molecule has 1 aliphatic heterocycles. The van der Waals surface area contributed by atoms with Gasteiger partial charge in [-0.25, -0.2) is 0 Å². The van der Waals surface area contributed by atoms with Crippen LogP contribution in [0.5, 0.6) is 0 Å². The maximum absolute atomic E-state index is 13.0. The molecule has 0 bridgehead atoms. The van der Waals surface area contributed by atoms with Crippen molar-refractivity contribution in [1.82, 2.24) is 15.5 Å². The molecule has 6 heteroatoms. The first-order valence-electron chi connectivity index (χ1n) is 12.0. The highest BCUT2D eigenvalue weighted by atomic mass is 16.2. The smallest absolute Gasteiger partial charge is 0.251 e. The summed E-state index contributed by atoms with van der Waals surface area (Å²) < 4.78 is 0. The second-order valence-corrected chi connectivity index (χ2v) is 9.30. The summed E-state index contributed by atoms with van der Waals surface area (Å²) in [7, 11) is 0. The normalized spacial score (nSPS) is 17.3. The maximum atomic E-state index is 13.0. The first-order valence-corrected chi connectivity index (χ1v) is 12.0. The second-order valence-electron chi connectivity index (χ2n) is 9.30. The molecule has 2 aliphatic rings. The number of carbonyl (C=O) groups excluding carboxylic acids is 3. The maximum Gasteiger partial charge on any atom is 0.251 e. The van der Waals surface area contributed by atoms with Crippen LogP contribution in [0.1, 0.15) is 53.6 Å². The van der Waals surface area contributed by atoms with Gasteiger partial charge < -0.3 is 15.5 Å². The lowest BCUT2D eigenvalue weighted by atomic mass is 9.88. The molecular weight excluding hydrogens is 414 g/mol.